The highest BCUT2D eigenvalue weighted by Gasteiger charge is 1.99. The van der Waals surface area contributed by atoms with Gasteiger partial charge >= 0.3 is 0 Å². The summed E-state index contributed by atoms with van der Waals surface area (Å²) in [5.74, 6) is 2.57. The molecule has 0 N–H and O–H groups in total. The first-order valence-corrected chi connectivity index (χ1v) is 6.08. The van der Waals surface area contributed by atoms with Crippen molar-refractivity contribution in [2.24, 2.45) is 5.92 Å². The van der Waals surface area contributed by atoms with E-state index >= 15 is 0 Å². The number of thioether (sulfide) groups is 1. The molecule has 0 nitrogen and oxygen atoms in total. The smallest absolute Gasteiger partial charge is 0.0249 e. The fraction of sp³-hybridized carbons (Fsp3) is 0.455. The second kappa shape index (κ2) is 6.33. The predicted molar refractivity (Wildman–Crippen MR) is 61.7 cm³/mol. The normalized spacial score (nSPS) is 12.8. The van der Waals surface area contributed by atoms with Crippen LogP contribution in [-0.2, 0) is 0 Å². The highest BCUT2D eigenvalue weighted by atomic mass is 35.5. The molecule has 13 heavy (non-hydrogen) atoms. The van der Waals surface area contributed by atoms with Crippen LogP contribution in [0.1, 0.15) is 13.3 Å². The predicted octanol–water partition coefficient (Wildman–Crippen LogP) is 4.04. The molecule has 2 heteroatoms. The van der Waals surface area contributed by atoms with Crippen molar-refractivity contribution in [3.63, 3.8) is 0 Å². The van der Waals surface area contributed by atoms with Gasteiger partial charge in [-0.15, -0.1) is 23.4 Å². The molecule has 0 fully saturated rings. The summed E-state index contributed by atoms with van der Waals surface area (Å²) in [7, 11) is 0. The Bertz CT molecular complexity index is 223. The van der Waals surface area contributed by atoms with Crippen LogP contribution in [0, 0.1) is 5.92 Å². The Labute approximate surface area is 89.7 Å². The lowest BCUT2D eigenvalue weighted by molar-refractivity contribution is 0.639. The van der Waals surface area contributed by atoms with Crippen molar-refractivity contribution < 1.29 is 0 Å². The first-order chi connectivity index (χ1) is 6.33. The van der Waals surface area contributed by atoms with E-state index in [-0.39, 0.29) is 0 Å². The van der Waals surface area contributed by atoms with Gasteiger partial charge in [-0.1, -0.05) is 25.1 Å². The maximum absolute atomic E-state index is 5.72. The standard InChI is InChI=1S/C11H15ClS/c1-10(9-12)7-8-13-11-5-3-2-4-6-11/h2-6,10H,7-9H2,1H3. The molecule has 1 aromatic rings. The van der Waals surface area contributed by atoms with Gasteiger partial charge in [-0.25, -0.2) is 0 Å². The average Bonchev–Trinajstić information content (AvgIpc) is 2.19. The fourth-order valence-corrected chi connectivity index (χ4v) is 2.23. The van der Waals surface area contributed by atoms with E-state index in [1.54, 1.807) is 0 Å². The molecule has 0 aliphatic carbocycles. The van der Waals surface area contributed by atoms with Gasteiger partial charge in [0.05, 0.1) is 0 Å². The summed E-state index contributed by atoms with van der Waals surface area (Å²) in [6.45, 7) is 2.19. The number of rotatable bonds is 5. The molecule has 0 bridgehead atoms. The van der Waals surface area contributed by atoms with E-state index < -0.39 is 0 Å². The van der Waals surface area contributed by atoms with Crippen molar-refractivity contribution in [1.29, 1.82) is 0 Å². The number of hydrogen-bond donors (Lipinski definition) is 0. The molecule has 0 spiro atoms. The van der Waals surface area contributed by atoms with Crippen molar-refractivity contribution in [1.82, 2.24) is 0 Å². The lowest BCUT2D eigenvalue weighted by atomic mass is 10.2. The van der Waals surface area contributed by atoms with Crippen molar-refractivity contribution in [3.05, 3.63) is 30.3 Å². The topological polar surface area (TPSA) is 0 Å². The van der Waals surface area contributed by atoms with Gasteiger partial charge in [0.25, 0.3) is 0 Å². The monoisotopic (exact) mass is 214 g/mol. The van der Waals surface area contributed by atoms with E-state index in [4.69, 9.17) is 11.6 Å². The lowest BCUT2D eigenvalue weighted by Crippen LogP contribution is -1.97. The molecular weight excluding hydrogens is 200 g/mol. The van der Waals surface area contributed by atoms with Crippen LogP contribution in [-0.4, -0.2) is 11.6 Å². The van der Waals surface area contributed by atoms with E-state index in [1.807, 2.05) is 17.8 Å². The SMILES string of the molecule is CC(CCl)CCSc1ccccc1. The van der Waals surface area contributed by atoms with Crippen LogP contribution in [0.5, 0.6) is 0 Å². The van der Waals surface area contributed by atoms with Crippen LogP contribution in [0.2, 0.25) is 0 Å². The molecule has 0 amide bonds. The summed E-state index contributed by atoms with van der Waals surface area (Å²) in [6.07, 6.45) is 1.20. The zero-order chi connectivity index (χ0) is 9.52. The van der Waals surface area contributed by atoms with Gasteiger partial charge in [-0.05, 0) is 30.2 Å². The molecule has 0 saturated heterocycles. The molecule has 0 heterocycles. The Balaban J connectivity index is 2.20. The Kier molecular flexibility index (Phi) is 5.33. The number of hydrogen-bond acceptors (Lipinski definition) is 1. The first kappa shape index (κ1) is 10.9. The zero-order valence-corrected chi connectivity index (χ0v) is 9.44. The minimum atomic E-state index is 0.637. The summed E-state index contributed by atoms with van der Waals surface area (Å²) in [5, 5.41) is 0. The minimum Gasteiger partial charge on any atom is -0.126 e. The van der Waals surface area contributed by atoms with Crippen LogP contribution in [0.4, 0.5) is 0 Å². The van der Waals surface area contributed by atoms with Gasteiger partial charge in [0.15, 0.2) is 0 Å². The van der Waals surface area contributed by atoms with E-state index in [9.17, 15) is 0 Å². The highest BCUT2D eigenvalue weighted by Crippen LogP contribution is 2.19. The molecule has 1 unspecified atom stereocenters. The van der Waals surface area contributed by atoms with E-state index in [1.165, 1.54) is 11.3 Å². The van der Waals surface area contributed by atoms with Gasteiger partial charge in [0, 0.05) is 10.8 Å². The summed E-state index contributed by atoms with van der Waals surface area (Å²) < 4.78 is 0. The molecule has 1 rings (SSSR count). The maximum atomic E-state index is 5.72. The lowest BCUT2D eigenvalue weighted by Gasteiger charge is -2.05. The maximum Gasteiger partial charge on any atom is 0.0249 e. The van der Waals surface area contributed by atoms with Gasteiger partial charge < -0.3 is 0 Å². The zero-order valence-electron chi connectivity index (χ0n) is 7.87. The molecule has 0 aliphatic rings. The number of alkyl halides is 1. The average molecular weight is 215 g/mol. The summed E-state index contributed by atoms with van der Waals surface area (Å²) in [6, 6.07) is 10.5. The number of halogens is 1. The second-order valence-corrected chi connectivity index (χ2v) is 4.69. The van der Waals surface area contributed by atoms with Gasteiger partial charge in [0.1, 0.15) is 0 Å². The first-order valence-electron chi connectivity index (χ1n) is 4.56. The van der Waals surface area contributed by atoms with Crippen LogP contribution in [0.25, 0.3) is 0 Å². The third kappa shape index (κ3) is 4.58. The van der Waals surface area contributed by atoms with E-state index in [0.29, 0.717) is 5.92 Å². The Morgan fingerprint density at radius 1 is 1.31 bits per heavy atom. The van der Waals surface area contributed by atoms with Crippen LogP contribution < -0.4 is 0 Å². The molecule has 0 aliphatic heterocycles. The Hall–Kier alpha value is -0.140. The highest BCUT2D eigenvalue weighted by molar-refractivity contribution is 7.99. The molecular formula is C11H15ClS. The van der Waals surface area contributed by atoms with Gasteiger partial charge in [0.2, 0.25) is 0 Å². The minimum absolute atomic E-state index is 0.637. The van der Waals surface area contributed by atoms with Crippen molar-refractivity contribution in [2.45, 2.75) is 18.2 Å². The Morgan fingerprint density at radius 2 is 2.00 bits per heavy atom. The van der Waals surface area contributed by atoms with Gasteiger partial charge in [-0.2, -0.15) is 0 Å². The summed E-state index contributed by atoms with van der Waals surface area (Å²) in [5.41, 5.74) is 0. The van der Waals surface area contributed by atoms with Crippen LogP contribution in [0.15, 0.2) is 35.2 Å². The quantitative estimate of drug-likeness (QED) is 0.527. The molecule has 0 radical (unpaired) electrons. The second-order valence-electron chi connectivity index (χ2n) is 3.21. The largest absolute Gasteiger partial charge is 0.126 e. The third-order valence-electron chi connectivity index (χ3n) is 1.89. The molecule has 1 atom stereocenters. The summed E-state index contributed by atoms with van der Waals surface area (Å²) >= 11 is 7.63. The van der Waals surface area contributed by atoms with E-state index in [2.05, 4.69) is 31.2 Å². The van der Waals surface area contributed by atoms with Crippen molar-refractivity contribution in [3.8, 4) is 0 Å². The molecule has 1 aromatic carbocycles. The molecule has 0 aromatic heterocycles. The third-order valence-corrected chi connectivity index (χ3v) is 3.46. The molecule has 0 saturated carbocycles. The van der Waals surface area contributed by atoms with Crippen molar-refractivity contribution >= 4 is 23.4 Å². The van der Waals surface area contributed by atoms with Crippen molar-refractivity contribution in [2.75, 3.05) is 11.6 Å². The van der Waals surface area contributed by atoms with Crippen LogP contribution >= 0.6 is 23.4 Å². The Morgan fingerprint density at radius 3 is 2.62 bits per heavy atom. The molecule has 72 valence electrons. The van der Waals surface area contributed by atoms with E-state index in [0.717, 1.165) is 11.6 Å². The van der Waals surface area contributed by atoms with Gasteiger partial charge in [-0.3, -0.25) is 0 Å². The van der Waals surface area contributed by atoms with Crippen LogP contribution in [0.3, 0.4) is 0 Å². The number of benzene rings is 1. The fourth-order valence-electron chi connectivity index (χ4n) is 0.972. The summed E-state index contributed by atoms with van der Waals surface area (Å²) in [4.78, 5) is 1.35.